The van der Waals surface area contributed by atoms with Crippen molar-refractivity contribution in [1.29, 1.82) is 0 Å². The van der Waals surface area contributed by atoms with E-state index in [4.69, 9.17) is 4.42 Å². The lowest BCUT2D eigenvalue weighted by Gasteiger charge is -1.98. The second-order valence-electron chi connectivity index (χ2n) is 4.14. The molecule has 0 aliphatic rings. The molecule has 2 heterocycles. The summed E-state index contributed by atoms with van der Waals surface area (Å²) in [6.07, 6.45) is 2.28. The lowest BCUT2D eigenvalue weighted by molar-refractivity contribution is 0.426. The summed E-state index contributed by atoms with van der Waals surface area (Å²) < 4.78 is 5.51. The third-order valence-electron chi connectivity index (χ3n) is 2.35. The van der Waals surface area contributed by atoms with Gasteiger partial charge < -0.3 is 9.40 Å². The van der Waals surface area contributed by atoms with Crippen molar-refractivity contribution < 1.29 is 4.42 Å². The van der Waals surface area contributed by atoms with Gasteiger partial charge in [0.1, 0.15) is 0 Å². The summed E-state index contributed by atoms with van der Waals surface area (Å²) in [5, 5.41) is 9.11. The van der Waals surface area contributed by atoms with Gasteiger partial charge in [0.2, 0.25) is 5.89 Å². The molecule has 0 aliphatic carbocycles. The van der Waals surface area contributed by atoms with Gasteiger partial charge in [0, 0.05) is 17.5 Å². The summed E-state index contributed by atoms with van der Waals surface area (Å²) in [6, 6.07) is 1.46. The first-order valence-electron chi connectivity index (χ1n) is 6.33. The molecular formula is C12H16N4O2S2. The quantitative estimate of drug-likeness (QED) is 0.478. The summed E-state index contributed by atoms with van der Waals surface area (Å²) in [5.41, 5.74) is 0.541. The molecule has 0 fully saturated rings. The first-order valence-corrected chi connectivity index (χ1v) is 8.30. The van der Waals surface area contributed by atoms with Gasteiger partial charge in [-0.25, -0.2) is 4.98 Å². The molecule has 2 rings (SSSR count). The van der Waals surface area contributed by atoms with Crippen LogP contribution in [-0.2, 0) is 5.75 Å². The highest BCUT2D eigenvalue weighted by Gasteiger charge is 2.08. The molecule has 0 atom stereocenters. The zero-order valence-corrected chi connectivity index (χ0v) is 13.0. The van der Waals surface area contributed by atoms with Crippen LogP contribution in [0.15, 0.2) is 25.7 Å². The highest BCUT2D eigenvalue weighted by atomic mass is 32.2. The van der Waals surface area contributed by atoms with Gasteiger partial charge in [-0.05, 0) is 13.3 Å². The predicted molar refractivity (Wildman–Crippen MR) is 79.1 cm³/mol. The molecule has 0 bridgehead atoms. The minimum absolute atomic E-state index is 0.152. The minimum Gasteiger partial charge on any atom is -0.415 e. The van der Waals surface area contributed by atoms with Crippen LogP contribution in [0.2, 0.25) is 0 Å². The molecule has 2 aromatic heterocycles. The van der Waals surface area contributed by atoms with Crippen molar-refractivity contribution in [2.24, 2.45) is 0 Å². The Bertz CT molecular complexity index is 611. The predicted octanol–water partition coefficient (Wildman–Crippen LogP) is 2.65. The van der Waals surface area contributed by atoms with E-state index in [-0.39, 0.29) is 5.56 Å². The standard InChI is InChI=1S/C12H16N4O2S2/c1-3-4-5-19-12-16-15-10(18-12)7-20-11-13-8(2)6-9(17)14-11/h6H,3-5,7H2,1-2H3,(H,13,14,17). The van der Waals surface area contributed by atoms with E-state index in [0.29, 0.717) is 27.7 Å². The van der Waals surface area contributed by atoms with Crippen LogP contribution in [0.1, 0.15) is 31.4 Å². The van der Waals surface area contributed by atoms with E-state index in [0.717, 1.165) is 18.6 Å². The molecular weight excluding hydrogens is 296 g/mol. The summed E-state index contributed by atoms with van der Waals surface area (Å²) >= 11 is 2.94. The molecule has 0 amide bonds. The van der Waals surface area contributed by atoms with Crippen molar-refractivity contribution in [1.82, 2.24) is 20.2 Å². The Morgan fingerprint density at radius 3 is 2.95 bits per heavy atom. The zero-order chi connectivity index (χ0) is 14.4. The van der Waals surface area contributed by atoms with Gasteiger partial charge in [-0.15, -0.1) is 10.2 Å². The first-order chi connectivity index (χ1) is 9.67. The fourth-order valence-corrected chi connectivity index (χ4v) is 3.03. The number of rotatable bonds is 7. The number of hydrogen-bond acceptors (Lipinski definition) is 7. The molecule has 0 saturated carbocycles. The van der Waals surface area contributed by atoms with Gasteiger partial charge in [-0.3, -0.25) is 4.79 Å². The average molecular weight is 312 g/mol. The van der Waals surface area contributed by atoms with Gasteiger partial charge in [-0.2, -0.15) is 0 Å². The van der Waals surface area contributed by atoms with Crippen molar-refractivity contribution in [2.45, 2.75) is 42.8 Å². The number of aromatic amines is 1. The number of aryl methyl sites for hydroxylation is 1. The van der Waals surface area contributed by atoms with E-state index in [2.05, 4.69) is 27.1 Å². The third-order valence-corrected chi connectivity index (χ3v) is 4.11. The van der Waals surface area contributed by atoms with Gasteiger partial charge >= 0.3 is 0 Å². The fraction of sp³-hybridized carbons (Fsp3) is 0.500. The summed E-state index contributed by atoms with van der Waals surface area (Å²) in [5.74, 6) is 2.02. The topological polar surface area (TPSA) is 84.7 Å². The molecule has 1 N–H and O–H groups in total. The summed E-state index contributed by atoms with van der Waals surface area (Å²) in [6.45, 7) is 3.93. The number of H-pyrrole nitrogens is 1. The first kappa shape index (κ1) is 15.1. The second kappa shape index (κ2) is 7.49. The SMILES string of the molecule is CCCCSc1nnc(CSc2nc(C)cc(=O)[nH]2)o1. The van der Waals surface area contributed by atoms with Crippen LogP contribution in [0.3, 0.4) is 0 Å². The van der Waals surface area contributed by atoms with E-state index < -0.39 is 0 Å². The molecule has 0 radical (unpaired) electrons. The van der Waals surface area contributed by atoms with E-state index in [1.165, 1.54) is 17.8 Å². The molecule has 0 aliphatic heterocycles. The summed E-state index contributed by atoms with van der Waals surface area (Å²) in [4.78, 5) is 18.2. The van der Waals surface area contributed by atoms with Crippen LogP contribution in [-0.4, -0.2) is 25.9 Å². The number of unbranched alkanes of at least 4 members (excludes halogenated alkanes) is 1. The van der Waals surface area contributed by atoms with Crippen molar-refractivity contribution >= 4 is 23.5 Å². The van der Waals surface area contributed by atoms with Crippen LogP contribution in [0.4, 0.5) is 0 Å². The Labute approximate surface area is 125 Å². The van der Waals surface area contributed by atoms with Crippen molar-refractivity contribution in [2.75, 3.05) is 5.75 Å². The van der Waals surface area contributed by atoms with Crippen LogP contribution < -0.4 is 5.56 Å². The monoisotopic (exact) mass is 312 g/mol. The maximum atomic E-state index is 11.3. The second-order valence-corrected chi connectivity index (χ2v) is 6.15. The Hall–Kier alpha value is -1.28. The highest BCUT2D eigenvalue weighted by molar-refractivity contribution is 7.99. The van der Waals surface area contributed by atoms with E-state index in [1.54, 1.807) is 18.7 Å². The number of thioether (sulfide) groups is 2. The zero-order valence-electron chi connectivity index (χ0n) is 11.4. The molecule has 0 spiro atoms. The van der Waals surface area contributed by atoms with Crippen LogP contribution >= 0.6 is 23.5 Å². The lowest BCUT2D eigenvalue weighted by Crippen LogP contribution is -2.08. The number of aromatic nitrogens is 4. The van der Waals surface area contributed by atoms with E-state index in [1.807, 2.05) is 0 Å². The molecule has 8 heteroatoms. The molecule has 0 aromatic carbocycles. The molecule has 20 heavy (non-hydrogen) atoms. The number of nitrogens with zero attached hydrogens (tertiary/aromatic N) is 3. The van der Waals surface area contributed by atoms with Crippen LogP contribution in [0, 0.1) is 6.92 Å². The molecule has 2 aromatic rings. The van der Waals surface area contributed by atoms with Crippen molar-refractivity contribution in [3.05, 3.63) is 28.0 Å². The van der Waals surface area contributed by atoms with Crippen molar-refractivity contribution in [3.8, 4) is 0 Å². The Morgan fingerprint density at radius 2 is 2.20 bits per heavy atom. The fourth-order valence-electron chi connectivity index (χ4n) is 1.41. The minimum atomic E-state index is -0.152. The van der Waals surface area contributed by atoms with Gasteiger partial charge in [0.25, 0.3) is 10.8 Å². The maximum Gasteiger partial charge on any atom is 0.276 e. The number of nitrogens with one attached hydrogen (secondary N) is 1. The van der Waals surface area contributed by atoms with Gasteiger partial charge in [0.15, 0.2) is 5.16 Å². The third kappa shape index (κ3) is 4.68. The number of hydrogen-bond donors (Lipinski definition) is 1. The van der Waals surface area contributed by atoms with E-state index >= 15 is 0 Å². The average Bonchev–Trinajstić information content (AvgIpc) is 2.84. The molecule has 0 unspecified atom stereocenters. The summed E-state index contributed by atoms with van der Waals surface area (Å²) in [7, 11) is 0. The van der Waals surface area contributed by atoms with Crippen molar-refractivity contribution in [3.63, 3.8) is 0 Å². The highest BCUT2D eigenvalue weighted by Crippen LogP contribution is 2.22. The Balaban J connectivity index is 1.89. The molecule has 108 valence electrons. The maximum absolute atomic E-state index is 11.3. The van der Waals surface area contributed by atoms with Crippen LogP contribution in [0.25, 0.3) is 0 Å². The largest absolute Gasteiger partial charge is 0.415 e. The molecule has 0 saturated heterocycles. The van der Waals surface area contributed by atoms with Crippen LogP contribution in [0.5, 0.6) is 0 Å². The lowest BCUT2D eigenvalue weighted by atomic mass is 10.4. The van der Waals surface area contributed by atoms with E-state index in [9.17, 15) is 4.79 Å². The van der Waals surface area contributed by atoms with Gasteiger partial charge in [-0.1, -0.05) is 36.9 Å². The Kier molecular flexibility index (Phi) is 5.66. The molecule has 6 nitrogen and oxygen atoms in total. The van der Waals surface area contributed by atoms with Gasteiger partial charge in [0.05, 0.1) is 5.75 Å². The normalized spacial score (nSPS) is 10.9. The Morgan fingerprint density at radius 1 is 1.35 bits per heavy atom. The smallest absolute Gasteiger partial charge is 0.276 e.